The van der Waals surface area contributed by atoms with Crippen molar-refractivity contribution >= 4 is 21.6 Å². The topological polar surface area (TPSA) is 24.9 Å². The van der Waals surface area contributed by atoms with Crippen molar-refractivity contribution in [2.45, 2.75) is 38.6 Å². The summed E-state index contributed by atoms with van der Waals surface area (Å²) >= 11 is 3.34. The zero-order valence-electron chi connectivity index (χ0n) is 9.04. The molecule has 1 saturated carbocycles. The van der Waals surface area contributed by atoms with E-state index in [1.165, 1.54) is 25.7 Å². The summed E-state index contributed by atoms with van der Waals surface area (Å²) < 4.78 is 0.895. The molecule has 3 heteroatoms. The fourth-order valence-corrected chi connectivity index (χ4v) is 2.63. The number of nitrogens with one attached hydrogen (secondary N) is 1. The van der Waals surface area contributed by atoms with E-state index in [4.69, 9.17) is 0 Å². The van der Waals surface area contributed by atoms with Crippen LogP contribution in [0.2, 0.25) is 0 Å². The predicted octanol–water partition coefficient (Wildman–Crippen LogP) is 3.83. The van der Waals surface area contributed by atoms with E-state index in [9.17, 15) is 0 Å². The first-order valence-corrected chi connectivity index (χ1v) is 6.47. The quantitative estimate of drug-likeness (QED) is 0.843. The van der Waals surface area contributed by atoms with Gasteiger partial charge in [-0.3, -0.25) is 0 Å². The van der Waals surface area contributed by atoms with Crippen LogP contribution in [0.25, 0.3) is 0 Å². The number of anilines is 1. The Balaban J connectivity index is 1.99. The van der Waals surface area contributed by atoms with Crippen LogP contribution < -0.4 is 5.32 Å². The van der Waals surface area contributed by atoms with Gasteiger partial charge in [-0.2, -0.15) is 0 Å². The van der Waals surface area contributed by atoms with Crippen LogP contribution in [0.5, 0.6) is 0 Å². The van der Waals surface area contributed by atoms with E-state index in [1.807, 2.05) is 12.3 Å². The Morgan fingerprint density at radius 3 is 3.00 bits per heavy atom. The van der Waals surface area contributed by atoms with Gasteiger partial charge in [0.25, 0.3) is 0 Å². The summed E-state index contributed by atoms with van der Waals surface area (Å²) in [5.41, 5.74) is 1.14. The van der Waals surface area contributed by atoms with Gasteiger partial charge in [-0.15, -0.1) is 0 Å². The summed E-state index contributed by atoms with van der Waals surface area (Å²) in [4.78, 5) is 4.23. The van der Waals surface area contributed by atoms with Crippen molar-refractivity contribution in [2.75, 3.05) is 5.32 Å². The molecule has 2 atom stereocenters. The molecule has 2 rings (SSSR count). The van der Waals surface area contributed by atoms with Gasteiger partial charge in [0.1, 0.15) is 4.60 Å². The maximum Gasteiger partial charge on any atom is 0.106 e. The second kappa shape index (κ2) is 4.97. The molecule has 2 unspecified atom stereocenters. The number of halogens is 1. The van der Waals surface area contributed by atoms with Crippen molar-refractivity contribution in [2.24, 2.45) is 5.92 Å². The number of rotatable bonds is 3. The first-order valence-electron chi connectivity index (χ1n) is 5.67. The van der Waals surface area contributed by atoms with Gasteiger partial charge in [-0.05, 0) is 46.8 Å². The highest BCUT2D eigenvalue weighted by molar-refractivity contribution is 9.10. The average molecular weight is 269 g/mol. The van der Waals surface area contributed by atoms with Crippen molar-refractivity contribution in [1.82, 2.24) is 4.98 Å². The molecule has 1 heterocycles. The van der Waals surface area contributed by atoms with Gasteiger partial charge in [0, 0.05) is 6.04 Å². The number of aromatic nitrogens is 1. The van der Waals surface area contributed by atoms with E-state index >= 15 is 0 Å². The van der Waals surface area contributed by atoms with Gasteiger partial charge in [0.05, 0.1) is 11.9 Å². The maximum atomic E-state index is 4.23. The molecule has 1 aliphatic rings. The maximum absolute atomic E-state index is 4.23. The Hall–Kier alpha value is -0.570. The van der Waals surface area contributed by atoms with E-state index in [2.05, 4.69) is 39.2 Å². The molecule has 1 aromatic heterocycles. The predicted molar refractivity (Wildman–Crippen MR) is 67.0 cm³/mol. The fourth-order valence-electron chi connectivity index (χ4n) is 2.39. The Labute approximate surface area is 99.6 Å². The lowest BCUT2D eigenvalue weighted by Crippen LogP contribution is -2.23. The number of hydrogen-bond donors (Lipinski definition) is 1. The van der Waals surface area contributed by atoms with Crippen molar-refractivity contribution in [3.05, 3.63) is 22.9 Å². The van der Waals surface area contributed by atoms with Crippen LogP contribution >= 0.6 is 15.9 Å². The van der Waals surface area contributed by atoms with Crippen LogP contribution in [0.15, 0.2) is 22.9 Å². The minimum atomic E-state index is 0.651. The van der Waals surface area contributed by atoms with Gasteiger partial charge < -0.3 is 5.32 Å². The van der Waals surface area contributed by atoms with Crippen LogP contribution in [0, 0.1) is 5.92 Å². The highest BCUT2D eigenvalue weighted by Gasteiger charge is 2.25. The van der Waals surface area contributed by atoms with Crippen molar-refractivity contribution in [1.29, 1.82) is 0 Å². The molecule has 0 aliphatic heterocycles. The third-order valence-electron chi connectivity index (χ3n) is 3.26. The Kier molecular flexibility index (Phi) is 3.62. The van der Waals surface area contributed by atoms with E-state index in [1.54, 1.807) is 0 Å². The lowest BCUT2D eigenvalue weighted by Gasteiger charge is -2.20. The van der Waals surface area contributed by atoms with Crippen molar-refractivity contribution in [3.63, 3.8) is 0 Å². The van der Waals surface area contributed by atoms with Crippen LogP contribution in [-0.2, 0) is 0 Å². The molecule has 1 fully saturated rings. The molecule has 1 N–H and O–H groups in total. The third kappa shape index (κ3) is 2.71. The summed E-state index contributed by atoms with van der Waals surface area (Å²) in [6.07, 6.45) is 7.21. The van der Waals surface area contributed by atoms with Gasteiger partial charge >= 0.3 is 0 Å². The first-order chi connectivity index (χ1) is 7.29. The van der Waals surface area contributed by atoms with E-state index in [-0.39, 0.29) is 0 Å². The molecule has 1 aromatic rings. The van der Waals surface area contributed by atoms with Crippen LogP contribution in [0.3, 0.4) is 0 Å². The molecule has 0 bridgehead atoms. The number of hydrogen-bond acceptors (Lipinski definition) is 2. The smallest absolute Gasteiger partial charge is 0.106 e. The van der Waals surface area contributed by atoms with Crippen LogP contribution in [0.1, 0.15) is 32.6 Å². The lowest BCUT2D eigenvalue weighted by atomic mass is 10.0. The average Bonchev–Trinajstić information content (AvgIpc) is 2.69. The number of pyridine rings is 1. The van der Waals surface area contributed by atoms with Gasteiger partial charge in [-0.1, -0.05) is 19.8 Å². The summed E-state index contributed by atoms with van der Waals surface area (Å²) in [5, 5.41) is 3.59. The lowest BCUT2D eigenvalue weighted by molar-refractivity contribution is 0.489. The summed E-state index contributed by atoms with van der Waals surface area (Å²) in [7, 11) is 0. The van der Waals surface area contributed by atoms with Crippen molar-refractivity contribution < 1.29 is 0 Å². The minimum absolute atomic E-state index is 0.651. The zero-order valence-corrected chi connectivity index (χ0v) is 10.6. The highest BCUT2D eigenvalue weighted by Crippen LogP contribution is 2.30. The molecule has 2 nitrogen and oxygen atoms in total. The SMILES string of the molecule is CCC1CCCC1Nc1ccc(Br)nc1. The fraction of sp³-hybridized carbons (Fsp3) is 0.583. The van der Waals surface area contributed by atoms with Gasteiger partial charge in [0.15, 0.2) is 0 Å². The molecule has 0 amide bonds. The monoisotopic (exact) mass is 268 g/mol. The molecular formula is C12H17BrN2. The van der Waals surface area contributed by atoms with Crippen LogP contribution in [-0.4, -0.2) is 11.0 Å². The minimum Gasteiger partial charge on any atom is -0.381 e. The molecule has 82 valence electrons. The molecule has 0 spiro atoms. The Morgan fingerprint density at radius 1 is 1.47 bits per heavy atom. The Bertz CT molecular complexity index is 310. The Morgan fingerprint density at radius 2 is 2.33 bits per heavy atom. The summed E-state index contributed by atoms with van der Waals surface area (Å²) in [6.45, 7) is 2.28. The second-order valence-corrected chi connectivity index (χ2v) is 5.03. The third-order valence-corrected chi connectivity index (χ3v) is 3.73. The zero-order chi connectivity index (χ0) is 10.7. The first kappa shape index (κ1) is 10.9. The van der Waals surface area contributed by atoms with Crippen LogP contribution in [0.4, 0.5) is 5.69 Å². The standard InChI is InChI=1S/C12H17BrN2/c1-2-9-4-3-5-11(9)15-10-6-7-12(13)14-8-10/h6-9,11,15H,2-5H2,1H3. The van der Waals surface area contributed by atoms with Gasteiger partial charge in [0.2, 0.25) is 0 Å². The van der Waals surface area contributed by atoms with E-state index in [0.29, 0.717) is 6.04 Å². The largest absolute Gasteiger partial charge is 0.381 e. The highest BCUT2D eigenvalue weighted by atomic mass is 79.9. The summed E-state index contributed by atoms with van der Waals surface area (Å²) in [5.74, 6) is 0.841. The molecular weight excluding hydrogens is 252 g/mol. The molecule has 15 heavy (non-hydrogen) atoms. The molecule has 1 aliphatic carbocycles. The van der Waals surface area contributed by atoms with E-state index < -0.39 is 0 Å². The molecule has 0 aromatic carbocycles. The molecule has 0 saturated heterocycles. The van der Waals surface area contributed by atoms with Gasteiger partial charge in [-0.25, -0.2) is 4.98 Å². The van der Waals surface area contributed by atoms with E-state index in [0.717, 1.165) is 16.2 Å². The van der Waals surface area contributed by atoms with Crippen molar-refractivity contribution in [3.8, 4) is 0 Å². The second-order valence-electron chi connectivity index (χ2n) is 4.22. The number of nitrogens with zero attached hydrogens (tertiary/aromatic N) is 1. The summed E-state index contributed by atoms with van der Waals surface area (Å²) in [6, 6.07) is 4.72. The molecule has 0 radical (unpaired) electrons. The normalized spacial score (nSPS) is 25.5.